The van der Waals surface area contributed by atoms with Gasteiger partial charge >= 0.3 is 0 Å². The highest BCUT2D eigenvalue weighted by molar-refractivity contribution is 7.80. The van der Waals surface area contributed by atoms with Crippen molar-refractivity contribution in [1.29, 1.82) is 0 Å². The maximum absolute atomic E-state index is 12.5. The van der Waals surface area contributed by atoms with Crippen LogP contribution in [0.2, 0.25) is 5.02 Å². The Morgan fingerprint density at radius 2 is 1.74 bits per heavy atom. The Bertz CT molecular complexity index is 987. The molecule has 1 aliphatic heterocycles. The van der Waals surface area contributed by atoms with E-state index in [-0.39, 0.29) is 22.8 Å². The van der Waals surface area contributed by atoms with E-state index in [4.69, 9.17) is 23.8 Å². The van der Waals surface area contributed by atoms with Crippen LogP contribution in [-0.2, 0) is 4.79 Å². The average Bonchev–Trinajstić information content (AvgIpc) is 2.73. The van der Waals surface area contributed by atoms with Crippen LogP contribution in [0.25, 0.3) is 0 Å². The van der Waals surface area contributed by atoms with Gasteiger partial charge in [0.05, 0.1) is 16.4 Å². The Morgan fingerprint density at radius 1 is 1.06 bits per heavy atom. The number of piperazine rings is 1. The standard InChI is InChI=1S/C23H27ClN4O2S/c1-15(2)22(30)28-12-10-27(11-13-28)20-18(24)8-5-9-19(20)25-23(31)26-21(29)17-7-4-6-16(3)14-17/h4-9,14-15H,10-13H2,1-3H3,(H2,25,26,29,31). The first kappa shape index (κ1) is 23.0. The number of aryl methyl sites for hydroxylation is 1. The third-order valence-corrected chi connectivity index (χ3v) is 5.65. The van der Waals surface area contributed by atoms with Gasteiger partial charge in [-0.2, -0.15) is 0 Å². The molecule has 1 saturated heterocycles. The van der Waals surface area contributed by atoms with Gasteiger partial charge in [0.1, 0.15) is 0 Å². The molecule has 2 aromatic carbocycles. The van der Waals surface area contributed by atoms with Crippen LogP contribution in [0.3, 0.4) is 0 Å². The molecule has 6 nitrogen and oxygen atoms in total. The fourth-order valence-corrected chi connectivity index (χ4v) is 4.07. The van der Waals surface area contributed by atoms with Crippen LogP contribution in [-0.4, -0.2) is 48.0 Å². The predicted molar refractivity (Wildman–Crippen MR) is 130 cm³/mol. The first-order chi connectivity index (χ1) is 14.8. The van der Waals surface area contributed by atoms with Crippen molar-refractivity contribution in [3.63, 3.8) is 0 Å². The molecular weight excluding hydrogens is 432 g/mol. The van der Waals surface area contributed by atoms with Crippen molar-refractivity contribution in [2.24, 2.45) is 5.92 Å². The molecule has 1 aliphatic rings. The Morgan fingerprint density at radius 3 is 2.39 bits per heavy atom. The van der Waals surface area contributed by atoms with Crippen molar-refractivity contribution in [2.75, 3.05) is 36.4 Å². The zero-order chi connectivity index (χ0) is 22.5. The second-order valence-corrected chi connectivity index (χ2v) is 8.70. The minimum Gasteiger partial charge on any atom is -0.365 e. The highest BCUT2D eigenvalue weighted by Gasteiger charge is 2.25. The normalized spacial score (nSPS) is 13.8. The van der Waals surface area contributed by atoms with E-state index in [1.165, 1.54) is 0 Å². The minimum absolute atomic E-state index is 0.0153. The summed E-state index contributed by atoms with van der Waals surface area (Å²) in [4.78, 5) is 28.8. The smallest absolute Gasteiger partial charge is 0.257 e. The molecule has 3 rings (SSSR count). The molecule has 31 heavy (non-hydrogen) atoms. The number of hydrogen-bond donors (Lipinski definition) is 2. The summed E-state index contributed by atoms with van der Waals surface area (Å²) in [6.45, 7) is 8.36. The summed E-state index contributed by atoms with van der Waals surface area (Å²) in [5, 5.41) is 6.61. The molecule has 0 bridgehead atoms. The molecule has 2 aromatic rings. The maximum Gasteiger partial charge on any atom is 0.257 e. The van der Waals surface area contributed by atoms with E-state index < -0.39 is 0 Å². The first-order valence-electron chi connectivity index (χ1n) is 10.3. The van der Waals surface area contributed by atoms with E-state index in [2.05, 4.69) is 15.5 Å². The van der Waals surface area contributed by atoms with Crippen LogP contribution in [0.1, 0.15) is 29.8 Å². The Balaban J connectivity index is 1.69. The van der Waals surface area contributed by atoms with Gasteiger partial charge in [-0.3, -0.25) is 14.9 Å². The maximum atomic E-state index is 12.5. The van der Waals surface area contributed by atoms with E-state index in [0.717, 1.165) is 11.3 Å². The molecule has 1 fully saturated rings. The lowest BCUT2D eigenvalue weighted by atomic mass is 10.1. The molecule has 2 amide bonds. The molecule has 0 spiro atoms. The number of thiocarbonyl (C=S) groups is 1. The van der Waals surface area contributed by atoms with Gasteiger partial charge < -0.3 is 15.1 Å². The lowest BCUT2D eigenvalue weighted by molar-refractivity contribution is -0.134. The van der Waals surface area contributed by atoms with Crippen molar-refractivity contribution in [3.05, 3.63) is 58.6 Å². The van der Waals surface area contributed by atoms with Crippen molar-refractivity contribution in [1.82, 2.24) is 10.2 Å². The van der Waals surface area contributed by atoms with Gasteiger partial charge in [0.15, 0.2) is 5.11 Å². The van der Waals surface area contributed by atoms with Gasteiger partial charge in [-0.05, 0) is 43.4 Å². The van der Waals surface area contributed by atoms with Crippen molar-refractivity contribution in [2.45, 2.75) is 20.8 Å². The van der Waals surface area contributed by atoms with Crippen LogP contribution in [0.15, 0.2) is 42.5 Å². The molecule has 2 N–H and O–H groups in total. The Hall–Kier alpha value is -2.64. The number of benzene rings is 2. The SMILES string of the molecule is Cc1cccc(C(=O)NC(=S)Nc2cccc(Cl)c2N2CCN(C(=O)C(C)C)CC2)c1. The van der Waals surface area contributed by atoms with E-state index in [0.29, 0.717) is 42.5 Å². The second kappa shape index (κ2) is 10.1. The van der Waals surface area contributed by atoms with Crippen LogP contribution in [0, 0.1) is 12.8 Å². The number of rotatable bonds is 4. The highest BCUT2D eigenvalue weighted by Crippen LogP contribution is 2.34. The number of halogens is 1. The largest absolute Gasteiger partial charge is 0.365 e. The summed E-state index contributed by atoms with van der Waals surface area (Å²) in [7, 11) is 0. The topological polar surface area (TPSA) is 64.7 Å². The van der Waals surface area contributed by atoms with Crippen molar-refractivity contribution >= 4 is 52.1 Å². The summed E-state index contributed by atoms with van der Waals surface area (Å²) >= 11 is 11.9. The quantitative estimate of drug-likeness (QED) is 0.676. The number of nitrogens with zero attached hydrogens (tertiary/aromatic N) is 2. The molecular formula is C23H27ClN4O2S. The minimum atomic E-state index is -0.273. The van der Waals surface area contributed by atoms with Gasteiger partial charge in [-0.25, -0.2) is 0 Å². The van der Waals surface area contributed by atoms with Gasteiger partial charge in [0.2, 0.25) is 5.91 Å². The van der Waals surface area contributed by atoms with Gasteiger partial charge in [0.25, 0.3) is 5.91 Å². The Kier molecular flexibility index (Phi) is 7.51. The number of amides is 2. The molecule has 164 valence electrons. The fraction of sp³-hybridized carbons (Fsp3) is 0.348. The number of carbonyl (C=O) groups excluding carboxylic acids is 2. The molecule has 0 aromatic heterocycles. The number of hydrogen-bond acceptors (Lipinski definition) is 4. The summed E-state index contributed by atoms with van der Waals surface area (Å²) in [6, 6.07) is 12.8. The predicted octanol–water partition coefficient (Wildman–Crippen LogP) is 4.08. The average molecular weight is 459 g/mol. The summed E-state index contributed by atoms with van der Waals surface area (Å²) in [5.74, 6) is -0.124. The Labute approximate surface area is 193 Å². The molecule has 0 aliphatic carbocycles. The van der Waals surface area contributed by atoms with Gasteiger partial charge in [0, 0.05) is 37.7 Å². The second-order valence-electron chi connectivity index (χ2n) is 7.88. The zero-order valence-corrected chi connectivity index (χ0v) is 19.5. The third-order valence-electron chi connectivity index (χ3n) is 5.14. The third kappa shape index (κ3) is 5.74. The van der Waals surface area contributed by atoms with Gasteiger partial charge in [-0.1, -0.05) is 49.2 Å². The molecule has 0 unspecified atom stereocenters. The van der Waals surface area contributed by atoms with E-state index >= 15 is 0 Å². The van der Waals surface area contributed by atoms with E-state index in [9.17, 15) is 9.59 Å². The molecule has 0 atom stereocenters. The van der Waals surface area contributed by atoms with Crippen LogP contribution >= 0.6 is 23.8 Å². The van der Waals surface area contributed by atoms with Crippen LogP contribution < -0.4 is 15.5 Å². The number of para-hydroxylation sites is 1. The monoisotopic (exact) mass is 458 g/mol. The molecule has 8 heteroatoms. The van der Waals surface area contributed by atoms with E-state index in [1.54, 1.807) is 12.1 Å². The molecule has 1 heterocycles. The highest BCUT2D eigenvalue weighted by atomic mass is 35.5. The zero-order valence-electron chi connectivity index (χ0n) is 17.9. The number of nitrogens with one attached hydrogen (secondary N) is 2. The lowest BCUT2D eigenvalue weighted by Crippen LogP contribution is -2.50. The molecule has 0 saturated carbocycles. The lowest BCUT2D eigenvalue weighted by Gasteiger charge is -2.38. The first-order valence-corrected chi connectivity index (χ1v) is 11.1. The van der Waals surface area contributed by atoms with Crippen LogP contribution in [0.4, 0.5) is 11.4 Å². The fourth-order valence-electron chi connectivity index (χ4n) is 3.57. The van der Waals surface area contributed by atoms with Gasteiger partial charge in [-0.15, -0.1) is 0 Å². The number of carbonyl (C=O) groups is 2. The molecule has 0 radical (unpaired) electrons. The number of anilines is 2. The summed E-state index contributed by atoms with van der Waals surface area (Å²) in [5.41, 5.74) is 3.07. The van der Waals surface area contributed by atoms with Crippen molar-refractivity contribution in [3.8, 4) is 0 Å². The summed E-state index contributed by atoms with van der Waals surface area (Å²) in [6.07, 6.45) is 0. The summed E-state index contributed by atoms with van der Waals surface area (Å²) < 4.78 is 0. The van der Waals surface area contributed by atoms with E-state index in [1.807, 2.05) is 56.0 Å². The van der Waals surface area contributed by atoms with Crippen LogP contribution in [0.5, 0.6) is 0 Å². The van der Waals surface area contributed by atoms with Crippen molar-refractivity contribution < 1.29 is 9.59 Å².